The van der Waals surface area contributed by atoms with Crippen LogP contribution in [0.4, 0.5) is 31.4 Å². The second-order valence-corrected chi connectivity index (χ2v) is 9.68. The maximum atomic E-state index is 12.1. The molecule has 1 aromatic carbocycles. The highest BCUT2D eigenvalue weighted by Crippen LogP contribution is 2.25. The Hall–Kier alpha value is -2.97. The second-order valence-electron chi connectivity index (χ2n) is 9.68. The number of hydrogen-bond donors (Lipinski definition) is 3. The lowest BCUT2D eigenvalue weighted by Gasteiger charge is -2.22. The Labute approximate surface area is 177 Å². The highest BCUT2D eigenvalue weighted by Gasteiger charge is 2.20. The summed E-state index contributed by atoms with van der Waals surface area (Å²) < 4.78 is 15.7. The molecule has 1 aromatic rings. The minimum atomic E-state index is -0.686. The van der Waals surface area contributed by atoms with Crippen molar-refractivity contribution in [2.45, 2.75) is 79.1 Å². The molecule has 0 bridgehead atoms. The number of carbonyl (C=O) groups excluding carboxylic acids is 3. The first-order valence-electron chi connectivity index (χ1n) is 9.57. The van der Waals surface area contributed by atoms with E-state index in [4.69, 9.17) is 14.2 Å². The SMILES string of the molecule is CC(C)(C)OC(=O)Nc1cc(NC(=O)OC(C)(C)C)cc(NC(=O)OC(C)(C)C)c1. The van der Waals surface area contributed by atoms with E-state index in [0.717, 1.165) is 0 Å². The summed E-state index contributed by atoms with van der Waals surface area (Å²) in [7, 11) is 0. The molecule has 0 spiro atoms. The number of benzene rings is 1. The summed E-state index contributed by atoms with van der Waals surface area (Å²) in [5.74, 6) is 0. The van der Waals surface area contributed by atoms with Gasteiger partial charge in [-0.3, -0.25) is 16.0 Å². The quantitative estimate of drug-likeness (QED) is 0.535. The van der Waals surface area contributed by atoms with Gasteiger partial charge < -0.3 is 14.2 Å². The lowest BCUT2D eigenvalue weighted by atomic mass is 10.2. The Kier molecular flexibility index (Phi) is 7.71. The molecule has 0 radical (unpaired) electrons. The maximum Gasteiger partial charge on any atom is 0.412 e. The molecule has 0 aliphatic rings. The molecule has 0 atom stereocenters. The van der Waals surface area contributed by atoms with Crippen LogP contribution in [0.3, 0.4) is 0 Å². The van der Waals surface area contributed by atoms with Gasteiger partial charge in [-0.25, -0.2) is 14.4 Å². The first-order chi connectivity index (χ1) is 13.4. The molecule has 1 rings (SSSR count). The highest BCUT2D eigenvalue weighted by atomic mass is 16.6. The minimum Gasteiger partial charge on any atom is -0.444 e. The van der Waals surface area contributed by atoms with Crippen LogP contribution in [-0.2, 0) is 14.2 Å². The monoisotopic (exact) mass is 423 g/mol. The first kappa shape index (κ1) is 25.1. The van der Waals surface area contributed by atoms with Gasteiger partial charge in [0.05, 0.1) is 0 Å². The summed E-state index contributed by atoms with van der Waals surface area (Å²) >= 11 is 0. The predicted octanol–water partition coefficient (Wildman–Crippen LogP) is 5.73. The van der Waals surface area contributed by atoms with Gasteiger partial charge in [-0.2, -0.15) is 0 Å². The molecule has 0 fully saturated rings. The van der Waals surface area contributed by atoms with Crippen molar-refractivity contribution in [3.63, 3.8) is 0 Å². The van der Waals surface area contributed by atoms with Crippen LogP contribution < -0.4 is 16.0 Å². The van der Waals surface area contributed by atoms with Crippen molar-refractivity contribution in [2.75, 3.05) is 16.0 Å². The number of ether oxygens (including phenoxy) is 3. The van der Waals surface area contributed by atoms with Gasteiger partial charge in [-0.15, -0.1) is 0 Å². The molecule has 0 saturated heterocycles. The molecule has 3 amide bonds. The number of nitrogens with one attached hydrogen (secondary N) is 3. The number of rotatable bonds is 3. The van der Waals surface area contributed by atoms with E-state index in [1.807, 2.05) is 0 Å². The van der Waals surface area contributed by atoms with E-state index < -0.39 is 35.1 Å². The summed E-state index contributed by atoms with van der Waals surface area (Å²) in [5, 5.41) is 7.73. The van der Waals surface area contributed by atoms with Crippen molar-refractivity contribution in [3.8, 4) is 0 Å². The maximum absolute atomic E-state index is 12.1. The van der Waals surface area contributed by atoms with Crippen molar-refractivity contribution >= 4 is 35.3 Å². The number of hydrogen-bond acceptors (Lipinski definition) is 6. The predicted molar refractivity (Wildman–Crippen MR) is 116 cm³/mol. The standard InChI is InChI=1S/C21H33N3O6/c1-19(2,3)28-16(25)22-13-10-14(23-17(26)29-20(4,5)6)12-15(11-13)24-18(27)30-21(7,8)9/h10-12H,1-9H3,(H,22,25)(H,23,26)(H,24,27). The number of anilines is 3. The zero-order valence-corrected chi connectivity index (χ0v) is 19.2. The minimum absolute atomic E-state index is 0.295. The smallest absolute Gasteiger partial charge is 0.412 e. The van der Waals surface area contributed by atoms with Crippen molar-refractivity contribution in [1.29, 1.82) is 0 Å². The molecule has 0 saturated carbocycles. The number of carbonyl (C=O) groups is 3. The normalized spacial score (nSPS) is 11.9. The van der Waals surface area contributed by atoms with E-state index in [9.17, 15) is 14.4 Å². The van der Waals surface area contributed by atoms with Crippen LogP contribution >= 0.6 is 0 Å². The third kappa shape index (κ3) is 11.1. The van der Waals surface area contributed by atoms with E-state index in [1.54, 1.807) is 62.3 Å². The van der Waals surface area contributed by atoms with Crippen molar-refractivity contribution in [2.24, 2.45) is 0 Å². The Morgan fingerprint density at radius 1 is 0.533 bits per heavy atom. The van der Waals surface area contributed by atoms with E-state index in [-0.39, 0.29) is 0 Å². The molecule has 9 heteroatoms. The fourth-order valence-electron chi connectivity index (χ4n) is 2.11. The summed E-state index contributed by atoms with van der Waals surface area (Å²) in [6.07, 6.45) is -2.04. The molecule has 0 aromatic heterocycles. The average molecular weight is 424 g/mol. The lowest BCUT2D eigenvalue weighted by Crippen LogP contribution is -2.28. The van der Waals surface area contributed by atoms with Crippen molar-refractivity contribution < 1.29 is 28.6 Å². The molecule has 0 unspecified atom stereocenters. The van der Waals surface area contributed by atoms with Crippen LogP contribution in [-0.4, -0.2) is 35.1 Å². The highest BCUT2D eigenvalue weighted by molar-refractivity contribution is 5.93. The molecule has 0 heterocycles. The van der Waals surface area contributed by atoms with Crippen LogP contribution in [0.15, 0.2) is 18.2 Å². The zero-order valence-electron chi connectivity index (χ0n) is 19.2. The van der Waals surface area contributed by atoms with E-state index >= 15 is 0 Å². The summed E-state index contributed by atoms with van der Waals surface area (Å²) in [6, 6.07) is 4.52. The van der Waals surface area contributed by atoms with Crippen LogP contribution in [0.5, 0.6) is 0 Å². The topological polar surface area (TPSA) is 115 Å². The summed E-state index contributed by atoms with van der Waals surface area (Å²) in [6.45, 7) is 15.6. The van der Waals surface area contributed by atoms with Gasteiger partial charge in [-0.05, 0) is 80.5 Å². The van der Waals surface area contributed by atoms with Crippen LogP contribution in [0.1, 0.15) is 62.3 Å². The molecule has 168 valence electrons. The Balaban J connectivity index is 3.09. The van der Waals surface area contributed by atoms with Crippen LogP contribution in [0.2, 0.25) is 0 Å². The molecule has 0 aliphatic heterocycles. The first-order valence-corrected chi connectivity index (χ1v) is 9.57. The molecular weight excluding hydrogens is 390 g/mol. The van der Waals surface area contributed by atoms with Gasteiger partial charge in [-0.1, -0.05) is 0 Å². The van der Waals surface area contributed by atoms with Gasteiger partial charge in [0, 0.05) is 17.1 Å². The van der Waals surface area contributed by atoms with Crippen molar-refractivity contribution in [3.05, 3.63) is 18.2 Å². The van der Waals surface area contributed by atoms with Gasteiger partial charge in [0.25, 0.3) is 0 Å². The molecule has 0 aliphatic carbocycles. The van der Waals surface area contributed by atoms with E-state index in [0.29, 0.717) is 17.1 Å². The van der Waals surface area contributed by atoms with Crippen molar-refractivity contribution in [1.82, 2.24) is 0 Å². The van der Waals surface area contributed by atoms with Gasteiger partial charge in [0.1, 0.15) is 16.8 Å². The third-order valence-corrected chi connectivity index (χ3v) is 2.87. The Morgan fingerprint density at radius 3 is 0.900 bits per heavy atom. The molecule has 3 N–H and O–H groups in total. The fraction of sp³-hybridized carbons (Fsp3) is 0.571. The van der Waals surface area contributed by atoms with E-state index in [2.05, 4.69) is 16.0 Å². The van der Waals surface area contributed by atoms with E-state index in [1.165, 1.54) is 18.2 Å². The van der Waals surface area contributed by atoms with Crippen LogP contribution in [0, 0.1) is 0 Å². The summed E-state index contributed by atoms with van der Waals surface area (Å²) in [5.41, 5.74) is -1.17. The molecule has 30 heavy (non-hydrogen) atoms. The zero-order chi connectivity index (χ0) is 23.3. The number of amides is 3. The lowest BCUT2D eigenvalue weighted by molar-refractivity contribution is 0.0625. The largest absolute Gasteiger partial charge is 0.444 e. The fourth-order valence-corrected chi connectivity index (χ4v) is 2.11. The van der Waals surface area contributed by atoms with Gasteiger partial charge in [0.15, 0.2) is 0 Å². The summed E-state index contributed by atoms with van der Waals surface area (Å²) in [4.78, 5) is 36.3. The van der Waals surface area contributed by atoms with Gasteiger partial charge in [0.2, 0.25) is 0 Å². The molecular formula is C21H33N3O6. The van der Waals surface area contributed by atoms with Crippen LogP contribution in [0.25, 0.3) is 0 Å². The Bertz CT molecular complexity index is 668. The second kappa shape index (κ2) is 9.23. The Morgan fingerprint density at radius 2 is 0.733 bits per heavy atom. The average Bonchev–Trinajstić information content (AvgIpc) is 2.39. The third-order valence-electron chi connectivity index (χ3n) is 2.87. The van der Waals surface area contributed by atoms with Gasteiger partial charge >= 0.3 is 18.3 Å². The molecule has 9 nitrogen and oxygen atoms in total.